The Hall–Kier alpha value is -1.68. The Bertz CT molecular complexity index is 736. The molecule has 0 amide bonds. The molecule has 3 unspecified atom stereocenters. The van der Waals surface area contributed by atoms with Crippen molar-refractivity contribution in [3.05, 3.63) is 35.0 Å². The number of aryl methyl sites for hydroxylation is 2. The summed E-state index contributed by atoms with van der Waals surface area (Å²) >= 11 is 0. The molecule has 1 heterocycles. The lowest BCUT2D eigenvalue weighted by Crippen LogP contribution is -2.24. The fraction of sp³-hybridized carbons (Fsp3) is 0.600. The third-order valence-corrected chi connectivity index (χ3v) is 6.06. The standard InChI is InChI=1S/C20H27N3O/c1-4-13-9-7-11-16-17(24-3)12-14-8-5-6-10-15(14)19-20(18(13)16)23(2)22-21-19/h7,9,11,14-15,17H,4-6,8,10,12H2,1-3H3. The monoisotopic (exact) mass is 325 g/mol. The molecule has 0 radical (unpaired) electrons. The zero-order chi connectivity index (χ0) is 16.7. The van der Waals surface area contributed by atoms with Gasteiger partial charge in [-0.15, -0.1) is 5.10 Å². The molecule has 2 aromatic rings. The predicted molar refractivity (Wildman–Crippen MR) is 94.9 cm³/mol. The Balaban J connectivity index is 1.99. The summed E-state index contributed by atoms with van der Waals surface area (Å²) in [5.74, 6) is 1.18. The lowest BCUT2D eigenvalue weighted by Gasteiger charge is -2.36. The summed E-state index contributed by atoms with van der Waals surface area (Å²) in [6.45, 7) is 2.23. The summed E-state index contributed by atoms with van der Waals surface area (Å²) in [7, 11) is 3.89. The van der Waals surface area contributed by atoms with Gasteiger partial charge in [-0.3, -0.25) is 0 Å². The van der Waals surface area contributed by atoms with Gasteiger partial charge < -0.3 is 4.74 Å². The molecule has 0 bridgehead atoms. The molecule has 128 valence electrons. The number of fused-ring (bicyclic) bond motifs is 5. The lowest BCUT2D eigenvalue weighted by molar-refractivity contribution is 0.0676. The fourth-order valence-corrected chi connectivity index (χ4v) is 4.86. The smallest absolute Gasteiger partial charge is 0.0940 e. The first-order valence-corrected chi connectivity index (χ1v) is 9.29. The number of aromatic nitrogens is 3. The third kappa shape index (κ3) is 2.39. The van der Waals surface area contributed by atoms with E-state index in [0.29, 0.717) is 11.8 Å². The maximum Gasteiger partial charge on any atom is 0.0940 e. The summed E-state index contributed by atoms with van der Waals surface area (Å²) in [6.07, 6.45) is 7.42. The molecule has 0 saturated heterocycles. The summed E-state index contributed by atoms with van der Waals surface area (Å²) in [5.41, 5.74) is 6.45. The van der Waals surface area contributed by atoms with Gasteiger partial charge in [0.05, 0.1) is 17.5 Å². The van der Waals surface area contributed by atoms with Crippen LogP contribution in [-0.2, 0) is 18.2 Å². The highest BCUT2D eigenvalue weighted by Crippen LogP contribution is 2.49. The second-order valence-corrected chi connectivity index (χ2v) is 7.29. The van der Waals surface area contributed by atoms with E-state index in [4.69, 9.17) is 4.74 Å². The van der Waals surface area contributed by atoms with Crippen molar-refractivity contribution in [1.82, 2.24) is 15.0 Å². The minimum absolute atomic E-state index is 0.167. The first-order valence-electron chi connectivity index (χ1n) is 9.29. The Morgan fingerprint density at radius 3 is 2.88 bits per heavy atom. The largest absolute Gasteiger partial charge is 0.377 e. The molecule has 24 heavy (non-hydrogen) atoms. The molecule has 2 aliphatic rings. The van der Waals surface area contributed by atoms with Gasteiger partial charge in [0, 0.05) is 25.6 Å². The van der Waals surface area contributed by atoms with Gasteiger partial charge >= 0.3 is 0 Å². The second kappa shape index (κ2) is 6.32. The van der Waals surface area contributed by atoms with Crippen LogP contribution in [0.25, 0.3) is 11.3 Å². The Labute approximate surface area is 144 Å². The van der Waals surface area contributed by atoms with Gasteiger partial charge in [0.25, 0.3) is 0 Å². The van der Waals surface area contributed by atoms with Crippen molar-refractivity contribution in [3.8, 4) is 11.3 Å². The van der Waals surface area contributed by atoms with Gasteiger partial charge in [0.15, 0.2) is 0 Å². The molecule has 4 rings (SSSR count). The van der Waals surface area contributed by atoms with E-state index >= 15 is 0 Å². The molecular weight excluding hydrogens is 298 g/mol. The maximum atomic E-state index is 5.98. The molecule has 1 aromatic carbocycles. The van der Waals surface area contributed by atoms with Crippen molar-refractivity contribution in [2.24, 2.45) is 13.0 Å². The van der Waals surface area contributed by atoms with Crippen LogP contribution in [0.1, 0.15) is 67.9 Å². The summed E-state index contributed by atoms with van der Waals surface area (Å²) in [6, 6.07) is 6.65. The molecule has 4 heteroatoms. The van der Waals surface area contributed by atoms with E-state index in [1.807, 2.05) is 18.8 Å². The second-order valence-electron chi connectivity index (χ2n) is 7.29. The van der Waals surface area contributed by atoms with Crippen LogP contribution in [0.3, 0.4) is 0 Å². The van der Waals surface area contributed by atoms with Crippen molar-refractivity contribution < 1.29 is 4.74 Å². The van der Waals surface area contributed by atoms with E-state index in [2.05, 4.69) is 35.4 Å². The number of benzene rings is 1. The molecular formula is C20H27N3O. The number of nitrogens with zero attached hydrogens (tertiary/aromatic N) is 3. The molecule has 0 spiro atoms. The summed E-state index contributed by atoms with van der Waals surface area (Å²) in [5, 5.41) is 9.06. The Kier molecular flexibility index (Phi) is 4.17. The molecule has 1 aromatic heterocycles. The van der Waals surface area contributed by atoms with Crippen LogP contribution >= 0.6 is 0 Å². The molecule has 1 fully saturated rings. The quantitative estimate of drug-likeness (QED) is 0.821. The van der Waals surface area contributed by atoms with E-state index in [1.54, 1.807) is 0 Å². The van der Waals surface area contributed by atoms with Gasteiger partial charge in [0.2, 0.25) is 0 Å². The highest BCUT2D eigenvalue weighted by Gasteiger charge is 2.37. The van der Waals surface area contributed by atoms with Crippen LogP contribution in [0.2, 0.25) is 0 Å². The topological polar surface area (TPSA) is 39.9 Å². The van der Waals surface area contributed by atoms with Crippen LogP contribution < -0.4 is 0 Å². The summed E-state index contributed by atoms with van der Waals surface area (Å²) in [4.78, 5) is 0. The molecule has 0 aliphatic heterocycles. The van der Waals surface area contributed by atoms with E-state index < -0.39 is 0 Å². The normalized spacial score (nSPS) is 26.0. The lowest BCUT2D eigenvalue weighted by atomic mass is 9.71. The van der Waals surface area contributed by atoms with Crippen molar-refractivity contribution in [2.45, 2.75) is 57.5 Å². The zero-order valence-electron chi connectivity index (χ0n) is 15.0. The maximum absolute atomic E-state index is 5.98. The van der Waals surface area contributed by atoms with Gasteiger partial charge in [-0.2, -0.15) is 0 Å². The minimum Gasteiger partial charge on any atom is -0.377 e. The highest BCUT2D eigenvalue weighted by atomic mass is 16.5. The zero-order valence-corrected chi connectivity index (χ0v) is 15.0. The Morgan fingerprint density at radius 2 is 2.08 bits per heavy atom. The average Bonchev–Trinajstić information content (AvgIpc) is 2.98. The van der Waals surface area contributed by atoms with Crippen LogP contribution in [0.5, 0.6) is 0 Å². The van der Waals surface area contributed by atoms with E-state index in [1.165, 1.54) is 53.8 Å². The van der Waals surface area contributed by atoms with Gasteiger partial charge in [0.1, 0.15) is 0 Å². The van der Waals surface area contributed by atoms with Crippen molar-refractivity contribution in [3.63, 3.8) is 0 Å². The molecule has 0 N–H and O–H groups in total. The highest BCUT2D eigenvalue weighted by molar-refractivity contribution is 5.71. The van der Waals surface area contributed by atoms with Crippen molar-refractivity contribution in [1.29, 1.82) is 0 Å². The SMILES string of the molecule is CCc1cccc2c1-c1c(nnn1C)C1CCCCC1CC2OC. The fourth-order valence-electron chi connectivity index (χ4n) is 4.86. The van der Waals surface area contributed by atoms with Crippen molar-refractivity contribution in [2.75, 3.05) is 7.11 Å². The first kappa shape index (κ1) is 15.8. The van der Waals surface area contributed by atoms with Gasteiger partial charge in [-0.05, 0) is 42.7 Å². The average molecular weight is 325 g/mol. The van der Waals surface area contributed by atoms with E-state index in [0.717, 1.165) is 12.8 Å². The van der Waals surface area contributed by atoms with Crippen LogP contribution in [0.4, 0.5) is 0 Å². The van der Waals surface area contributed by atoms with Gasteiger partial charge in [-0.25, -0.2) is 4.68 Å². The summed E-state index contributed by atoms with van der Waals surface area (Å²) < 4.78 is 7.97. The number of rotatable bonds is 2. The molecule has 1 saturated carbocycles. The third-order valence-electron chi connectivity index (χ3n) is 6.06. The molecule has 2 aliphatic carbocycles. The number of methoxy groups -OCH3 is 1. The Morgan fingerprint density at radius 1 is 1.25 bits per heavy atom. The number of ether oxygens (including phenoxy) is 1. The number of hydrogen-bond acceptors (Lipinski definition) is 3. The van der Waals surface area contributed by atoms with Crippen molar-refractivity contribution >= 4 is 0 Å². The van der Waals surface area contributed by atoms with Crippen LogP contribution in [0.15, 0.2) is 18.2 Å². The van der Waals surface area contributed by atoms with Crippen LogP contribution in [-0.4, -0.2) is 22.1 Å². The predicted octanol–water partition coefficient (Wildman–Crippen LogP) is 4.41. The minimum atomic E-state index is 0.167. The first-order chi connectivity index (χ1) is 11.7. The molecule has 4 nitrogen and oxygen atoms in total. The van der Waals surface area contributed by atoms with E-state index in [-0.39, 0.29) is 6.10 Å². The number of hydrogen-bond donors (Lipinski definition) is 0. The molecule has 3 atom stereocenters. The van der Waals surface area contributed by atoms with E-state index in [9.17, 15) is 0 Å². The van der Waals surface area contributed by atoms with Gasteiger partial charge in [-0.1, -0.05) is 43.2 Å². The van der Waals surface area contributed by atoms with Crippen LogP contribution in [0, 0.1) is 5.92 Å².